The van der Waals surface area contributed by atoms with Gasteiger partial charge in [0.2, 0.25) is 0 Å². The number of rotatable bonds is 4. The SMILES string of the molecule is O=S1(=O)C=CC(NCc2cncn2C2CC2)C1. The molecular weight excluding hydrogens is 238 g/mol. The number of sulfone groups is 1. The van der Waals surface area contributed by atoms with E-state index in [1.807, 2.05) is 12.5 Å². The first-order chi connectivity index (χ1) is 8.14. The summed E-state index contributed by atoms with van der Waals surface area (Å²) in [6, 6.07) is 0.541. The average Bonchev–Trinajstić information content (AvgIpc) is 2.91. The summed E-state index contributed by atoms with van der Waals surface area (Å²) in [5.74, 6) is 0.171. The van der Waals surface area contributed by atoms with Crippen LogP contribution in [0.3, 0.4) is 0 Å². The van der Waals surface area contributed by atoms with Gasteiger partial charge < -0.3 is 9.88 Å². The van der Waals surface area contributed by atoms with Gasteiger partial charge in [-0.15, -0.1) is 0 Å². The van der Waals surface area contributed by atoms with Crippen molar-refractivity contribution >= 4 is 9.84 Å². The van der Waals surface area contributed by atoms with Crippen molar-refractivity contribution in [2.24, 2.45) is 0 Å². The van der Waals surface area contributed by atoms with E-state index >= 15 is 0 Å². The molecule has 1 aliphatic carbocycles. The van der Waals surface area contributed by atoms with Gasteiger partial charge in [0.05, 0.1) is 17.8 Å². The lowest BCUT2D eigenvalue weighted by Crippen LogP contribution is -2.30. The van der Waals surface area contributed by atoms with Gasteiger partial charge in [0.25, 0.3) is 0 Å². The Kier molecular flexibility index (Phi) is 2.56. The zero-order valence-electron chi connectivity index (χ0n) is 9.41. The molecule has 5 nitrogen and oxygen atoms in total. The molecule has 6 heteroatoms. The maximum atomic E-state index is 11.2. The van der Waals surface area contributed by atoms with Crippen LogP contribution >= 0.6 is 0 Å². The summed E-state index contributed by atoms with van der Waals surface area (Å²) < 4.78 is 24.7. The largest absolute Gasteiger partial charge is 0.330 e. The van der Waals surface area contributed by atoms with Crippen LogP contribution in [0, 0.1) is 0 Å². The summed E-state index contributed by atoms with van der Waals surface area (Å²) in [4.78, 5) is 4.14. The van der Waals surface area contributed by atoms with Crippen molar-refractivity contribution in [2.75, 3.05) is 5.75 Å². The lowest BCUT2D eigenvalue weighted by atomic mass is 10.3. The van der Waals surface area contributed by atoms with E-state index in [9.17, 15) is 8.42 Å². The highest BCUT2D eigenvalue weighted by molar-refractivity contribution is 7.94. The Morgan fingerprint density at radius 2 is 2.29 bits per heavy atom. The fraction of sp³-hybridized carbons (Fsp3) is 0.545. The maximum Gasteiger partial charge on any atom is 0.173 e. The molecule has 1 atom stereocenters. The van der Waals surface area contributed by atoms with Crippen molar-refractivity contribution < 1.29 is 8.42 Å². The lowest BCUT2D eigenvalue weighted by Gasteiger charge is -2.11. The van der Waals surface area contributed by atoms with Crippen molar-refractivity contribution in [2.45, 2.75) is 31.5 Å². The number of nitrogens with one attached hydrogen (secondary N) is 1. The number of imidazole rings is 1. The fourth-order valence-corrected chi connectivity index (χ4v) is 3.36. The van der Waals surface area contributed by atoms with E-state index in [0.717, 1.165) is 5.69 Å². The van der Waals surface area contributed by atoms with E-state index in [1.54, 1.807) is 6.08 Å². The monoisotopic (exact) mass is 253 g/mol. The Morgan fingerprint density at radius 3 is 2.94 bits per heavy atom. The fourth-order valence-electron chi connectivity index (χ4n) is 2.09. The van der Waals surface area contributed by atoms with Crippen molar-refractivity contribution in [3.05, 3.63) is 29.7 Å². The predicted octanol–water partition coefficient (Wildman–Crippen LogP) is 0.618. The van der Waals surface area contributed by atoms with Crippen LogP contribution in [0.1, 0.15) is 24.6 Å². The molecule has 3 rings (SSSR count). The molecule has 1 N–H and O–H groups in total. The van der Waals surface area contributed by atoms with Crippen molar-refractivity contribution in [1.82, 2.24) is 14.9 Å². The highest BCUT2D eigenvalue weighted by Crippen LogP contribution is 2.35. The minimum Gasteiger partial charge on any atom is -0.330 e. The number of hydrogen-bond acceptors (Lipinski definition) is 4. The quantitative estimate of drug-likeness (QED) is 0.854. The second-order valence-electron chi connectivity index (χ2n) is 4.67. The standard InChI is InChI=1S/C11H15N3O2S/c15-17(16)4-3-9(7-17)13-6-11-5-12-8-14(11)10-1-2-10/h3-5,8-10,13H,1-2,6-7H2. The van der Waals surface area contributed by atoms with Gasteiger partial charge >= 0.3 is 0 Å². The summed E-state index contributed by atoms with van der Waals surface area (Å²) in [6.07, 6.45) is 7.86. The molecule has 1 fully saturated rings. The Labute approximate surface area is 100 Å². The van der Waals surface area contributed by atoms with Gasteiger partial charge in [0.15, 0.2) is 9.84 Å². The molecule has 0 aromatic carbocycles. The van der Waals surface area contributed by atoms with Crippen LogP contribution in [-0.2, 0) is 16.4 Å². The topological polar surface area (TPSA) is 64.0 Å². The van der Waals surface area contributed by atoms with Crippen LogP contribution < -0.4 is 5.32 Å². The Morgan fingerprint density at radius 1 is 1.47 bits per heavy atom. The van der Waals surface area contributed by atoms with Crippen LogP contribution in [0.5, 0.6) is 0 Å². The molecule has 0 bridgehead atoms. The van der Waals surface area contributed by atoms with Gasteiger partial charge in [-0.05, 0) is 12.8 Å². The molecule has 0 amide bonds. The first-order valence-corrected chi connectivity index (χ1v) is 7.51. The van der Waals surface area contributed by atoms with Crippen LogP contribution in [0.4, 0.5) is 0 Å². The van der Waals surface area contributed by atoms with E-state index in [1.165, 1.54) is 18.2 Å². The minimum atomic E-state index is -2.97. The molecule has 0 radical (unpaired) electrons. The Balaban J connectivity index is 1.61. The van der Waals surface area contributed by atoms with E-state index in [-0.39, 0.29) is 11.8 Å². The van der Waals surface area contributed by atoms with Crippen molar-refractivity contribution in [1.29, 1.82) is 0 Å². The highest BCUT2D eigenvalue weighted by atomic mass is 32.2. The van der Waals surface area contributed by atoms with E-state index < -0.39 is 9.84 Å². The first kappa shape index (κ1) is 11.0. The second-order valence-corrected chi connectivity index (χ2v) is 6.60. The lowest BCUT2D eigenvalue weighted by molar-refractivity contribution is 0.576. The summed E-state index contributed by atoms with van der Waals surface area (Å²) in [6.45, 7) is 0.668. The molecular formula is C11H15N3O2S. The molecule has 0 spiro atoms. The molecule has 1 unspecified atom stereocenters. The molecule has 2 heterocycles. The third-order valence-corrected chi connectivity index (χ3v) is 4.56. The second kappa shape index (κ2) is 3.96. The number of aromatic nitrogens is 2. The smallest absolute Gasteiger partial charge is 0.173 e. The summed E-state index contributed by atoms with van der Waals surface area (Å²) in [5, 5.41) is 4.53. The maximum absolute atomic E-state index is 11.2. The van der Waals surface area contributed by atoms with E-state index in [4.69, 9.17) is 0 Å². The third kappa shape index (κ3) is 2.42. The van der Waals surface area contributed by atoms with Crippen LogP contribution in [0.15, 0.2) is 24.0 Å². The Hall–Kier alpha value is -1.14. The average molecular weight is 253 g/mol. The van der Waals surface area contributed by atoms with Gasteiger partial charge in [0.1, 0.15) is 0 Å². The van der Waals surface area contributed by atoms with E-state index in [2.05, 4.69) is 14.9 Å². The molecule has 1 aromatic rings. The van der Waals surface area contributed by atoms with E-state index in [0.29, 0.717) is 12.6 Å². The van der Waals surface area contributed by atoms with Crippen LogP contribution in [0.25, 0.3) is 0 Å². The predicted molar refractivity (Wildman–Crippen MR) is 64.1 cm³/mol. The third-order valence-electron chi connectivity index (χ3n) is 3.16. The highest BCUT2D eigenvalue weighted by Gasteiger charge is 2.26. The minimum absolute atomic E-state index is 0.0671. The van der Waals surface area contributed by atoms with Gasteiger partial charge in [-0.1, -0.05) is 6.08 Å². The molecule has 0 saturated heterocycles. The number of hydrogen-bond donors (Lipinski definition) is 1. The van der Waals surface area contributed by atoms with Crippen LogP contribution in [-0.4, -0.2) is 29.8 Å². The van der Waals surface area contributed by atoms with Gasteiger partial charge in [-0.25, -0.2) is 13.4 Å². The van der Waals surface area contributed by atoms with Gasteiger partial charge in [-0.3, -0.25) is 0 Å². The summed E-state index contributed by atoms with van der Waals surface area (Å²) >= 11 is 0. The zero-order valence-corrected chi connectivity index (χ0v) is 10.2. The van der Waals surface area contributed by atoms with Gasteiger partial charge in [-0.2, -0.15) is 0 Å². The molecule has 2 aliphatic rings. The molecule has 1 saturated carbocycles. The number of nitrogens with zero attached hydrogens (tertiary/aromatic N) is 2. The normalized spacial score (nSPS) is 26.5. The van der Waals surface area contributed by atoms with Crippen LogP contribution in [0.2, 0.25) is 0 Å². The molecule has 1 aromatic heterocycles. The molecule has 1 aliphatic heterocycles. The van der Waals surface area contributed by atoms with Crippen molar-refractivity contribution in [3.8, 4) is 0 Å². The first-order valence-electron chi connectivity index (χ1n) is 5.79. The Bertz CT molecular complexity index is 543. The zero-order chi connectivity index (χ0) is 11.9. The van der Waals surface area contributed by atoms with Gasteiger partial charge in [0, 0.05) is 30.2 Å². The van der Waals surface area contributed by atoms with Crippen molar-refractivity contribution in [3.63, 3.8) is 0 Å². The molecule has 17 heavy (non-hydrogen) atoms. The summed E-state index contributed by atoms with van der Waals surface area (Å²) in [5.41, 5.74) is 1.13. The molecule has 92 valence electrons. The summed E-state index contributed by atoms with van der Waals surface area (Å²) in [7, 11) is -2.97.